The normalized spacial score (nSPS) is 10.4. The zero-order valence-corrected chi connectivity index (χ0v) is 24.9. The molecule has 43 heavy (non-hydrogen) atoms. The molecule has 0 saturated heterocycles. The summed E-state index contributed by atoms with van der Waals surface area (Å²) in [6.07, 6.45) is -0.508. The van der Waals surface area contributed by atoms with Gasteiger partial charge in [-0.2, -0.15) is 21.0 Å². The van der Waals surface area contributed by atoms with Crippen molar-refractivity contribution in [2.75, 3.05) is 0 Å². The van der Waals surface area contributed by atoms with Gasteiger partial charge in [0.05, 0.1) is 20.4 Å². The maximum atomic E-state index is 13.6. The summed E-state index contributed by atoms with van der Waals surface area (Å²) < 4.78 is 9.16. The second kappa shape index (κ2) is 11.8. The van der Waals surface area contributed by atoms with Crippen LogP contribution in [-0.4, -0.2) is 22.1 Å². The fraction of sp³-hybridized carbons (Fsp3) is 0.0333. The van der Waals surface area contributed by atoms with Gasteiger partial charge in [-0.1, -0.05) is 30.3 Å². The molecule has 0 aliphatic rings. The number of aromatic nitrogens is 1. The minimum atomic E-state index is -0.508. The summed E-state index contributed by atoms with van der Waals surface area (Å²) in [5.41, 5.74) is 1.86. The highest BCUT2D eigenvalue weighted by Crippen LogP contribution is 2.48. The number of ether oxygens (including phenoxy) is 1. The monoisotopic (exact) mass is 631 g/mol. The number of thiophene rings is 4. The number of rotatable bonds is 6. The Balaban J connectivity index is 1.43. The number of carbonyl (C=O) groups is 1. The first-order valence-electron chi connectivity index (χ1n) is 12.3. The summed E-state index contributed by atoms with van der Waals surface area (Å²) in [7, 11) is 0. The molecule has 0 saturated carbocycles. The Morgan fingerprint density at radius 3 is 1.63 bits per heavy atom. The van der Waals surface area contributed by atoms with Crippen LogP contribution < -0.4 is 0 Å². The lowest BCUT2D eigenvalue weighted by atomic mass is 10.2. The highest BCUT2D eigenvalue weighted by molar-refractivity contribution is 7.33. The van der Waals surface area contributed by atoms with E-state index in [9.17, 15) is 4.79 Å². The van der Waals surface area contributed by atoms with Gasteiger partial charge in [-0.05, 0) is 42.0 Å². The van der Waals surface area contributed by atoms with Crippen molar-refractivity contribution in [3.05, 3.63) is 72.3 Å². The Morgan fingerprint density at radius 1 is 0.674 bits per heavy atom. The third-order valence-electron chi connectivity index (χ3n) is 6.04. The summed E-state index contributed by atoms with van der Waals surface area (Å²) >= 11 is 5.75. The maximum Gasteiger partial charge on any atom is 0.419 e. The summed E-state index contributed by atoms with van der Waals surface area (Å²) in [6, 6.07) is 27.7. The van der Waals surface area contributed by atoms with Gasteiger partial charge in [-0.25, -0.2) is 19.3 Å². The van der Waals surface area contributed by atoms with Gasteiger partial charge in [0, 0.05) is 19.5 Å². The number of fused-ring (bicyclic) bond motifs is 3. The largest absolute Gasteiger partial charge is 0.444 e. The van der Waals surface area contributed by atoms with Crippen molar-refractivity contribution in [1.82, 2.24) is 4.57 Å². The number of carbonyl (C=O) groups excluding carboxylic acids is 1. The molecule has 0 bridgehead atoms. The van der Waals surface area contributed by atoms with Crippen LogP contribution in [0.2, 0.25) is 0 Å². The molecule has 0 atom stereocenters. The molecule has 204 valence electrons. The molecule has 5 heterocycles. The summed E-state index contributed by atoms with van der Waals surface area (Å²) in [5.74, 6) is 0. The fourth-order valence-electron chi connectivity index (χ4n) is 4.18. The van der Waals surface area contributed by atoms with Crippen LogP contribution in [0.25, 0.3) is 39.9 Å². The molecule has 13 heteroatoms. The van der Waals surface area contributed by atoms with Crippen molar-refractivity contribution in [3.63, 3.8) is 0 Å². The lowest BCUT2D eigenvalue weighted by Crippen LogP contribution is -2.12. The minimum absolute atomic E-state index is 0.119. The van der Waals surface area contributed by atoms with Gasteiger partial charge in [0.2, 0.25) is 11.4 Å². The summed E-state index contributed by atoms with van der Waals surface area (Å²) in [5, 5.41) is 37.3. The molecule has 9 nitrogen and oxygen atoms in total. The minimum Gasteiger partial charge on any atom is -0.444 e. The molecule has 0 fully saturated rings. The van der Waals surface area contributed by atoms with E-state index in [0.717, 1.165) is 34.5 Å². The lowest BCUT2D eigenvalue weighted by molar-refractivity contribution is 0.143. The molecule has 0 amide bonds. The molecule has 1 aromatic carbocycles. The van der Waals surface area contributed by atoms with Crippen LogP contribution in [0.5, 0.6) is 0 Å². The third kappa shape index (κ3) is 5.45. The van der Waals surface area contributed by atoms with E-state index in [1.807, 2.05) is 54.6 Å². The first kappa shape index (κ1) is 27.7. The zero-order valence-electron chi connectivity index (χ0n) is 21.6. The molecule has 0 N–H and O–H groups in total. The van der Waals surface area contributed by atoms with Crippen LogP contribution in [0.15, 0.2) is 76.7 Å². The Bertz CT molecular complexity index is 2100. The smallest absolute Gasteiger partial charge is 0.419 e. The quantitative estimate of drug-likeness (QED) is 0.168. The number of nitriles is 4. The highest BCUT2D eigenvalue weighted by Gasteiger charge is 2.24. The summed E-state index contributed by atoms with van der Waals surface area (Å²) in [4.78, 5) is 25.4. The van der Waals surface area contributed by atoms with Crippen molar-refractivity contribution in [2.24, 2.45) is 9.98 Å². The number of hydrogen-bond donors (Lipinski definition) is 0. The predicted octanol–water partition coefficient (Wildman–Crippen LogP) is 8.80. The van der Waals surface area contributed by atoms with Crippen molar-refractivity contribution < 1.29 is 9.53 Å². The van der Waals surface area contributed by atoms with Gasteiger partial charge in [-0.15, -0.1) is 45.3 Å². The van der Waals surface area contributed by atoms with Crippen LogP contribution in [0.1, 0.15) is 5.56 Å². The molecule has 0 spiro atoms. The van der Waals surface area contributed by atoms with Crippen molar-refractivity contribution in [3.8, 4) is 43.8 Å². The van der Waals surface area contributed by atoms with Gasteiger partial charge >= 0.3 is 6.09 Å². The third-order valence-corrected chi connectivity index (χ3v) is 10.8. The van der Waals surface area contributed by atoms with Crippen LogP contribution in [0, 0.1) is 45.3 Å². The molecule has 0 aliphatic carbocycles. The van der Waals surface area contributed by atoms with Crippen LogP contribution in [0.3, 0.4) is 0 Å². The van der Waals surface area contributed by atoms with Crippen molar-refractivity contribution >= 4 is 93.3 Å². The predicted molar refractivity (Wildman–Crippen MR) is 170 cm³/mol. The number of hydrogen-bond acceptors (Lipinski definition) is 12. The van der Waals surface area contributed by atoms with Crippen LogP contribution in [-0.2, 0) is 11.3 Å². The first-order chi connectivity index (χ1) is 21.0. The Kier molecular flexibility index (Phi) is 7.63. The lowest BCUT2D eigenvalue weighted by Gasteiger charge is -2.07. The first-order valence-corrected chi connectivity index (χ1v) is 15.5. The van der Waals surface area contributed by atoms with Gasteiger partial charge in [-0.3, -0.25) is 0 Å². The molecule has 0 aliphatic heterocycles. The van der Waals surface area contributed by atoms with E-state index in [4.69, 9.17) is 25.8 Å². The SMILES string of the molecule is N#CC(C#N)=Nc1ccc(-c2cc3c(s2)c2sc(-c4ccc(N=C(C#N)C#N)s4)cc2n3C(=O)OCc2ccccc2)s1. The van der Waals surface area contributed by atoms with Gasteiger partial charge in [0.25, 0.3) is 0 Å². The van der Waals surface area contributed by atoms with E-state index in [-0.39, 0.29) is 18.0 Å². The zero-order chi connectivity index (χ0) is 29.9. The second-order valence-electron chi connectivity index (χ2n) is 8.67. The average Bonchev–Trinajstić information content (AvgIpc) is 3.85. The number of nitrogens with zero attached hydrogens (tertiary/aromatic N) is 7. The van der Waals surface area contributed by atoms with E-state index in [0.29, 0.717) is 21.0 Å². The number of benzene rings is 1. The highest BCUT2D eigenvalue weighted by atomic mass is 32.1. The maximum absolute atomic E-state index is 13.6. The molecule has 6 rings (SSSR count). The average molecular weight is 632 g/mol. The molecule has 0 unspecified atom stereocenters. The van der Waals surface area contributed by atoms with Gasteiger partial charge in [0.1, 0.15) is 40.9 Å². The van der Waals surface area contributed by atoms with E-state index < -0.39 is 6.09 Å². The molecule has 0 radical (unpaired) electrons. The van der Waals surface area contributed by atoms with E-state index in [1.165, 1.54) is 45.3 Å². The standard InChI is InChI=1S/C30H13N7O2S4/c31-12-18(13-32)35-26-8-6-22(40-26)24-10-20-28(42-24)29-21(37(20)30(38)39-16-17-4-2-1-3-5-17)11-25(43-29)23-7-9-27(41-23)36-19(14-33)15-34/h1-11H,16H2. The molecule has 6 aromatic rings. The van der Waals surface area contributed by atoms with Gasteiger partial charge in [0.15, 0.2) is 0 Å². The topological polar surface area (TPSA) is 151 Å². The Morgan fingerprint density at radius 2 is 1.16 bits per heavy atom. The van der Waals surface area contributed by atoms with E-state index in [1.54, 1.807) is 41.0 Å². The molecule has 5 aromatic heterocycles. The van der Waals surface area contributed by atoms with Crippen LogP contribution in [0.4, 0.5) is 14.8 Å². The van der Waals surface area contributed by atoms with Crippen LogP contribution >= 0.6 is 45.3 Å². The Hall–Kier alpha value is -5.41. The van der Waals surface area contributed by atoms with Crippen molar-refractivity contribution in [2.45, 2.75) is 6.61 Å². The fourth-order valence-corrected chi connectivity index (χ4v) is 8.54. The number of aliphatic imine (C=N–C) groups is 2. The summed E-state index contributed by atoms with van der Waals surface area (Å²) in [6.45, 7) is 0.119. The van der Waals surface area contributed by atoms with Crippen molar-refractivity contribution in [1.29, 1.82) is 21.0 Å². The molecular weight excluding hydrogens is 619 g/mol. The van der Waals surface area contributed by atoms with Gasteiger partial charge < -0.3 is 4.74 Å². The van der Waals surface area contributed by atoms with E-state index >= 15 is 0 Å². The second-order valence-corrected chi connectivity index (χ2v) is 12.9. The Labute approximate surface area is 260 Å². The molecular formula is C30H13N7O2S4. The van der Waals surface area contributed by atoms with E-state index in [2.05, 4.69) is 9.98 Å².